The van der Waals surface area contributed by atoms with Crippen molar-refractivity contribution in [2.45, 2.75) is 12.8 Å². The zero-order valence-electron chi connectivity index (χ0n) is 7.85. The molecule has 0 amide bonds. The summed E-state index contributed by atoms with van der Waals surface area (Å²) in [6.07, 6.45) is -1.61. The average Bonchev–Trinajstić information content (AvgIpc) is 2.17. The van der Waals surface area contributed by atoms with Crippen molar-refractivity contribution >= 4 is 38.5 Å². The summed E-state index contributed by atoms with van der Waals surface area (Å²) in [6, 6.07) is 5.41. The fourth-order valence-electron chi connectivity index (χ4n) is 1.14. The maximum absolute atomic E-state index is 12.0. The van der Waals surface area contributed by atoms with Crippen LogP contribution in [0.4, 0.5) is 8.78 Å². The first-order valence-corrected chi connectivity index (χ1v) is 6.70. The molecule has 0 N–H and O–H groups in total. The molecular weight excluding hydrogens is 381 g/mol. The molecule has 0 aliphatic rings. The van der Waals surface area contributed by atoms with Crippen LogP contribution in [0, 0.1) is 0 Å². The van der Waals surface area contributed by atoms with E-state index >= 15 is 0 Å². The highest BCUT2D eigenvalue weighted by molar-refractivity contribution is 14.1. The number of hydrogen-bond donors (Lipinski definition) is 0. The molecule has 15 heavy (non-hydrogen) atoms. The van der Waals surface area contributed by atoms with Crippen LogP contribution in [0.5, 0.6) is 5.75 Å². The Kier molecular flexibility index (Phi) is 5.81. The quantitative estimate of drug-likeness (QED) is 0.544. The van der Waals surface area contributed by atoms with Crippen molar-refractivity contribution in [1.82, 2.24) is 0 Å². The number of rotatable bonds is 5. The molecule has 0 saturated heterocycles. The molecule has 0 unspecified atom stereocenters. The van der Waals surface area contributed by atoms with Gasteiger partial charge >= 0.3 is 0 Å². The van der Waals surface area contributed by atoms with E-state index in [0.29, 0.717) is 5.75 Å². The second-order valence-corrected chi connectivity index (χ2v) is 4.89. The van der Waals surface area contributed by atoms with Gasteiger partial charge in [-0.25, -0.2) is 8.78 Å². The molecule has 0 saturated carbocycles. The Balaban J connectivity index is 2.76. The van der Waals surface area contributed by atoms with Crippen molar-refractivity contribution < 1.29 is 13.5 Å². The Morgan fingerprint density at radius 1 is 1.40 bits per heavy atom. The maximum atomic E-state index is 12.0. The fraction of sp³-hybridized carbons (Fsp3) is 0.400. The first-order chi connectivity index (χ1) is 7.13. The molecule has 0 atom stereocenters. The minimum atomic E-state index is -2.43. The van der Waals surface area contributed by atoms with Gasteiger partial charge in [-0.05, 0) is 30.2 Å². The van der Waals surface area contributed by atoms with Crippen LogP contribution in [0.15, 0.2) is 22.7 Å². The fourth-order valence-corrected chi connectivity index (χ4v) is 2.13. The highest BCUT2D eigenvalue weighted by atomic mass is 127. The van der Waals surface area contributed by atoms with Gasteiger partial charge in [-0.3, -0.25) is 0 Å². The first-order valence-electron chi connectivity index (χ1n) is 4.39. The molecule has 0 aliphatic carbocycles. The van der Waals surface area contributed by atoms with E-state index in [2.05, 4.69) is 38.5 Å². The van der Waals surface area contributed by atoms with E-state index in [4.69, 9.17) is 4.74 Å². The lowest BCUT2D eigenvalue weighted by atomic mass is 10.1. The van der Waals surface area contributed by atoms with E-state index in [1.54, 1.807) is 12.1 Å². The van der Waals surface area contributed by atoms with Gasteiger partial charge in [-0.15, -0.1) is 0 Å². The first kappa shape index (κ1) is 13.2. The number of halogens is 4. The minimum absolute atomic E-state index is 0.546. The highest BCUT2D eigenvalue weighted by Crippen LogP contribution is 2.24. The summed E-state index contributed by atoms with van der Waals surface area (Å²) in [5.74, 6) is 0.551. The number of benzene rings is 1. The Morgan fingerprint density at radius 2 is 2.13 bits per heavy atom. The van der Waals surface area contributed by atoms with E-state index in [-0.39, 0.29) is 0 Å². The summed E-state index contributed by atoms with van der Waals surface area (Å²) < 4.78 is 30.9. The molecule has 0 spiro atoms. The number of alkyl halides is 3. The second kappa shape index (κ2) is 6.62. The Bertz CT molecular complexity index is 320. The number of hydrogen-bond acceptors (Lipinski definition) is 1. The third-order valence-electron chi connectivity index (χ3n) is 1.75. The predicted octanol–water partition coefficient (Wildman–Crippen LogP) is 4.07. The molecule has 1 nitrogen and oxygen atoms in total. The maximum Gasteiger partial charge on any atom is 0.272 e. The van der Waals surface area contributed by atoms with Gasteiger partial charge in [0.05, 0.1) is 0 Å². The lowest BCUT2D eigenvalue weighted by Gasteiger charge is -2.10. The van der Waals surface area contributed by atoms with Crippen LogP contribution in [-0.4, -0.2) is 17.5 Å². The van der Waals surface area contributed by atoms with E-state index in [1.807, 2.05) is 6.07 Å². The van der Waals surface area contributed by atoms with Gasteiger partial charge in [0.25, 0.3) is 6.43 Å². The largest absolute Gasteiger partial charge is 0.487 e. The van der Waals surface area contributed by atoms with E-state index in [9.17, 15) is 8.78 Å². The molecule has 0 heterocycles. The third kappa shape index (κ3) is 4.63. The summed E-state index contributed by atoms with van der Waals surface area (Å²) in [5.41, 5.74) is 0.958. The Labute approximate surface area is 109 Å². The Hall–Kier alpha value is 0.0900. The van der Waals surface area contributed by atoms with Crippen LogP contribution in [0.1, 0.15) is 5.56 Å². The molecule has 1 aromatic rings. The SMILES string of the molecule is FC(F)COc1ccc(Br)cc1CCI. The van der Waals surface area contributed by atoms with E-state index < -0.39 is 13.0 Å². The van der Waals surface area contributed by atoms with E-state index in [0.717, 1.165) is 20.9 Å². The van der Waals surface area contributed by atoms with Gasteiger partial charge in [-0.1, -0.05) is 38.5 Å². The van der Waals surface area contributed by atoms with Crippen LogP contribution in [0.25, 0.3) is 0 Å². The van der Waals surface area contributed by atoms with Crippen molar-refractivity contribution in [3.05, 3.63) is 28.2 Å². The number of ether oxygens (including phenoxy) is 1. The smallest absolute Gasteiger partial charge is 0.272 e. The summed E-state index contributed by atoms with van der Waals surface area (Å²) >= 11 is 5.58. The molecule has 1 aromatic carbocycles. The van der Waals surface area contributed by atoms with Gasteiger partial charge in [-0.2, -0.15) is 0 Å². The summed E-state index contributed by atoms with van der Waals surface area (Å²) in [7, 11) is 0. The Morgan fingerprint density at radius 3 is 2.73 bits per heavy atom. The van der Waals surface area contributed by atoms with Crippen molar-refractivity contribution in [3.63, 3.8) is 0 Å². The van der Waals surface area contributed by atoms with Crippen LogP contribution in [0.2, 0.25) is 0 Å². The van der Waals surface area contributed by atoms with Gasteiger partial charge in [0, 0.05) is 8.90 Å². The molecule has 84 valence electrons. The van der Waals surface area contributed by atoms with Crippen molar-refractivity contribution in [1.29, 1.82) is 0 Å². The average molecular weight is 391 g/mol. The topological polar surface area (TPSA) is 9.23 Å². The molecule has 0 aromatic heterocycles. The molecular formula is C10H10BrF2IO. The standard InChI is InChI=1S/C10H10BrF2IO/c11-8-1-2-9(15-6-10(12)13)7(5-8)3-4-14/h1-2,5,10H,3-4,6H2. The number of aryl methyl sites for hydroxylation is 1. The van der Waals surface area contributed by atoms with Crippen molar-refractivity contribution in [2.24, 2.45) is 0 Å². The lowest BCUT2D eigenvalue weighted by molar-refractivity contribution is 0.0814. The molecule has 0 fully saturated rings. The van der Waals surface area contributed by atoms with Crippen LogP contribution < -0.4 is 4.74 Å². The summed E-state index contributed by atoms with van der Waals surface area (Å²) in [4.78, 5) is 0. The lowest BCUT2D eigenvalue weighted by Crippen LogP contribution is -2.08. The third-order valence-corrected chi connectivity index (χ3v) is 2.78. The van der Waals surface area contributed by atoms with Gasteiger partial charge in [0.1, 0.15) is 12.4 Å². The normalized spacial score (nSPS) is 10.7. The molecule has 0 radical (unpaired) electrons. The zero-order chi connectivity index (χ0) is 11.3. The summed E-state index contributed by atoms with van der Waals surface area (Å²) in [5, 5.41) is 0. The highest BCUT2D eigenvalue weighted by Gasteiger charge is 2.07. The molecule has 1 rings (SSSR count). The second-order valence-electron chi connectivity index (χ2n) is 2.89. The van der Waals surface area contributed by atoms with E-state index in [1.165, 1.54) is 0 Å². The van der Waals surface area contributed by atoms with Crippen molar-refractivity contribution in [3.8, 4) is 5.75 Å². The molecule has 0 bridgehead atoms. The van der Waals surface area contributed by atoms with Gasteiger partial charge < -0.3 is 4.74 Å². The van der Waals surface area contributed by atoms with Gasteiger partial charge in [0.15, 0.2) is 0 Å². The minimum Gasteiger partial charge on any atom is -0.487 e. The molecule has 5 heteroatoms. The summed E-state index contributed by atoms with van der Waals surface area (Å²) in [6.45, 7) is -0.546. The van der Waals surface area contributed by atoms with Crippen LogP contribution in [-0.2, 0) is 6.42 Å². The van der Waals surface area contributed by atoms with Crippen LogP contribution in [0.3, 0.4) is 0 Å². The molecule has 0 aliphatic heterocycles. The van der Waals surface area contributed by atoms with Crippen molar-refractivity contribution in [2.75, 3.05) is 11.0 Å². The predicted molar refractivity (Wildman–Crippen MR) is 68.2 cm³/mol. The van der Waals surface area contributed by atoms with Gasteiger partial charge in [0.2, 0.25) is 0 Å². The van der Waals surface area contributed by atoms with Crippen LogP contribution >= 0.6 is 38.5 Å². The monoisotopic (exact) mass is 390 g/mol. The zero-order valence-corrected chi connectivity index (χ0v) is 11.6.